The van der Waals surface area contributed by atoms with Gasteiger partial charge in [0.05, 0.1) is 0 Å². The van der Waals surface area contributed by atoms with Gasteiger partial charge in [-0.3, -0.25) is 9.88 Å². The molecule has 1 aromatic rings. The van der Waals surface area contributed by atoms with Crippen molar-refractivity contribution >= 4 is 0 Å². The monoisotopic (exact) mass is 289 g/mol. The highest BCUT2D eigenvalue weighted by Gasteiger charge is 2.35. The van der Waals surface area contributed by atoms with E-state index in [9.17, 15) is 0 Å². The van der Waals surface area contributed by atoms with Gasteiger partial charge in [-0.2, -0.15) is 0 Å². The summed E-state index contributed by atoms with van der Waals surface area (Å²) in [6.07, 6.45) is 7.28. The Balaban J connectivity index is 1.44. The lowest BCUT2D eigenvalue weighted by atomic mass is 9.89. The third kappa shape index (κ3) is 3.82. The fraction of sp³-hybridized carbons (Fsp3) is 0.706. The summed E-state index contributed by atoms with van der Waals surface area (Å²) in [5.41, 5.74) is 1.76. The van der Waals surface area contributed by atoms with Crippen molar-refractivity contribution in [1.82, 2.24) is 14.8 Å². The van der Waals surface area contributed by atoms with Crippen LogP contribution in [-0.2, 0) is 11.2 Å². The molecule has 0 radical (unpaired) electrons. The van der Waals surface area contributed by atoms with Gasteiger partial charge in [-0.25, -0.2) is 0 Å². The lowest BCUT2D eigenvalue weighted by Gasteiger charge is -2.47. The van der Waals surface area contributed by atoms with Crippen LogP contribution in [0.15, 0.2) is 24.5 Å². The summed E-state index contributed by atoms with van der Waals surface area (Å²) >= 11 is 0. The van der Waals surface area contributed by atoms with Crippen molar-refractivity contribution in [2.45, 2.75) is 31.7 Å². The van der Waals surface area contributed by atoms with Gasteiger partial charge < -0.3 is 9.64 Å². The zero-order chi connectivity index (χ0) is 14.5. The first-order chi connectivity index (χ1) is 10.3. The highest BCUT2D eigenvalue weighted by Crippen LogP contribution is 2.28. The van der Waals surface area contributed by atoms with E-state index >= 15 is 0 Å². The van der Waals surface area contributed by atoms with Crippen LogP contribution in [0.5, 0.6) is 0 Å². The Morgan fingerprint density at radius 1 is 1.10 bits per heavy atom. The Kier molecular flexibility index (Phi) is 4.88. The minimum absolute atomic E-state index is 0.370. The molecule has 4 nitrogen and oxygen atoms in total. The Hall–Kier alpha value is -0.970. The second-order valence-electron chi connectivity index (χ2n) is 6.54. The average Bonchev–Trinajstić information content (AvgIpc) is 2.55. The zero-order valence-electron chi connectivity index (χ0n) is 13.1. The molecule has 0 aromatic carbocycles. The van der Waals surface area contributed by atoms with Crippen molar-refractivity contribution in [2.75, 3.05) is 45.9 Å². The van der Waals surface area contributed by atoms with E-state index in [1.165, 1.54) is 44.6 Å². The molecule has 0 aliphatic carbocycles. The Morgan fingerprint density at radius 2 is 1.76 bits per heavy atom. The zero-order valence-corrected chi connectivity index (χ0v) is 13.1. The molecule has 2 aliphatic rings. The maximum Gasteiger partial charge on any atom is 0.0483 e. The van der Waals surface area contributed by atoms with Crippen molar-refractivity contribution in [3.63, 3.8) is 0 Å². The first kappa shape index (κ1) is 14.9. The van der Waals surface area contributed by atoms with E-state index in [4.69, 9.17) is 4.74 Å². The normalized spacial score (nSPS) is 24.0. The lowest BCUT2D eigenvalue weighted by Crippen LogP contribution is -2.57. The largest absolute Gasteiger partial charge is 0.381 e. The predicted octanol–water partition coefficient (Wildman–Crippen LogP) is 1.81. The van der Waals surface area contributed by atoms with Crippen LogP contribution in [0, 0.1) is 0 Å². The van der Waals surface area contributed by atoms with Crippen molar-refractivity contribution in [3.05, 3.63) is 30.1 Å². The summed E-state index contributed by atoms with van der Waals surface area (Å²) in [5.74, 6) is 0. The van der Waals surface area contributed by atoms with Gasteiger partial charge in [0.1, 0.15) is 0 Å². The number of rotatable bonds is 4. The van der Waals surface area contributed by atoms with Crippen LogP contribution in [0.3, 0.4) is 0 Å². The van der Waals surface area contributed by atoms with Crippen molar-refractivity contribution in [3.8, 4) is 0 Å². The summed E-state index contributed by atoms with van der Waals surface area (Å²) in [7, 11) is 0. The number of aromatic nitrogens is 1. The topological polar surface area (TPSA) is 28.6 Å². The van der Waals surface area contributed by atoms with E-state index in [-0.39, 0.29) is 0 Å². The van der Waals surface area contributed by atoms with E-state index in [2.05, 4.69) is 33.8 Å². The maximum atomic E-state index is 5.52. The minimum atomic E-state index is 0.370. The molecule has 3 heterocycles. The molecule has 1 aromatic heterocycles. The molecule has 0 unspecified atom stereocenters. The molecule has 2 fully saturated rings. The van der Waals surface area contributed by atoms with E-state index in [0.717, 1.165) is 26.2 Å². The molecule has 4 heteroatoms. The summed E-state index contributed by atoms with van der Waals surface area (Å²) in [4.78, 5) is 9.37. The van der Waals surface area contributed by atoms with Gasteiger partial charge in [0, 0.05) is 63.9 Å². The van der Waals surface area contributed by atoms with Crippen molar-refractivity contribution in [2.24, 2.45) is 0 Å². The summed E-state index contributed by atoms with van der Waals surface area (Å²) in [5, 5.41) is 0. The van der Waals surface area contributed by atoms with Gasteiger partial charge in [-0.1, -0.05) is 0 Å². The first-order valence-electron chi connectivity index (χ1n) is 8.20. The standard InChI is InChI=1S/C17H27N3O/c1-17(5-14-21-15-6-17)20-12-10-19(11-13-20)9-4-16-2-7-18-8-3-16/h2-3,7-8H,4-6,9-15H2,1H3. The maximum absolute atomic E-state index is 5.52. The van der Waals surface area contributed by atoms with E-state index < -0.39 is 0 Å². The molecule has 0 atom stereocenters. The van der Waals surface area contributed by atoms with Gasteiger partial charge in [0.2, 0.25) is 0 Å². The smallest absolute Gasteiger partial charge is 0.0483 e. The Labute approximate surface area is 128 Å². The van der Waals surface area contributed by atoms with Crippen LogP contribution in [0.1, 0.15) is 25.3 Å². The first-order valence-corrected chi connectivity index (χ1v) is 8.20. The molecule has 0 saturated carbocycles. The Morgan fingerprint density at radius 3 is 2.43 bits per heavy atom. The number of hydrogen-bond acceptors (Lipinski definition) is 4. The number of hydrogen-bond donors (Lipinski definition) is 0. The molecular formula is C17H27N3O. The number of nitrogens with zero attached hydrogens (tertiary/aromatic N) is 3. The summed E-state index contributed by atoms with van der Waals surface area (Å²) < 4.78 is 5.52. The number of piperazine rings is 1. The molecular weight excluding hydrogens is 262 g/mol. The second-order valence-corrected chi connectivity index (χ2v) is 6.54. The van der Waals surface area contributed by atoms with Crippen LogP contribution in [0.4, 0.5) is 0 Å². The fourth-order valence-corrected chi connectivity index (χ4v) is 3.48. The Bertz CT molecular complexity index is 423. The second kappa shape index (κ2) is 6.86. The van der Waals surface area contributed by atoms with Crippen molar-refractivity contribution < 1.29 is 4.74 Å². The molecule has 0 amide bonds. The molecule has 116 valence electrons. The SMILES string of the molecule is CC1(N2CCN(CCc3ccncc3)CC2)CCOCC1. The molecule has 0 bridgehead atoms. The number of pyridine rings is 1. The lowest BCUT2D eigenvalue weighted by molar-refractivity contribution is -0.0375. The van der Waals surface area contributed by atoms with Gasteiger partial charge >= 0.3 is 0 Å². The van der Waals surface area contributed by atoms with E-state index in [1.807, 2.05) is 12.4 Å². The van der Waals surface area contributed by atoms with Crippen LogP contribution < -0.4 is 0 Å². The minimum Gasteiger partial charge on any atom is -0.381 e. The molecule has 3 rings (SSSR count). The van der Waals surface area contributed by atoms with Gasteiger partial charge in [-0.05, 0) is 43.9 Å². The van der Waals surface area contributed by atoms with E-state index in [1.54, 1.807) is 0 Å². The fourth-order valence-electron chi connectivity index (χ4n) is 3.48. The van der Waals surface area contributed by atoms with Crippen LogP contribution >= 0.6 is 0 Å². The third-order valence-corrected chi connectivity index (χ3v) is 5.17. The van der Waals surface area contributed by atoms with E-state index in [0.29, 0.717) is 5.54 Å². The van der Waals surface area contributed by atoms with Crippen molar-refractivity contribution in [1.29, 1.82) is 0 Å². The van der Waals surface area contributed by atoms with Crippen LogP contribution in [-0.4, -0.2) is 66.3 Å². The number of ether oxygens (including phenoxy) is 1. The molecule has 0 N–H and O–H groups in total. The van der Waals surface area contributed by atoms with Gasteiger partial charge in [0.25, 0.3) is 0 Å². The average molecular weight is 289 g/mol. The highest BCUT2D eigenvalue weighted by molar-refractivity contribution is 5.10. The van der Waals surface area contributed by atoms with Crippen LogP contribution in [0.25, 0.3) is 0 Å². The van der Waals surface area contributed by atoms with Gasteiger partial charge in [-0.15, -0.1) is 0 Å². The molecule has 2 saturated heterocycles. The van der Waals surface area contributed by atoms with Crippen LogP contribution in [0.2, 0.25) is 0 Å². The third-order valence-electron chi connectivity index (χ3n) is 5.17. The molecule has 0 spiro atoms. The quantitative estimate of drug-likeness (QED) is 0.845. The predicted molar refractivity (Wildman–Crippen MR) is 84.4 cm³/mol. The summed E-state index contributed by atoms with van der Waals surface area (Å²) in [6.45, 7) is 10.2. The highest BCUT2D eigenvalue weighted by atomic mass is 16.5. The molecule has 2 aliphatic heterocycles. The molecule has 21 heavy (non-hydrogen) atoms. The van der Waals surface area contributed by atoms with Gasteiger partial charge in [0.15, 0.2) is 0 Å². The summed E-state index contributed by atoms with van der Waals surface area (Å²) in [6, 6.07) is 4.25.